The number of carboxylic acids is 1. The molecule has 0 saturated carbocycles. The fourth-order valence-corrected chi connectivity index (χ4v) is 1.57. The molecule has 0 saturated heterocycles. The van der Waals surface area contributed by atoms with Crippen LogP contribution in [0.3, 0.4) is 0 Å². The minimum Gasteiger partial charge on any atom is -0.481 e. The molecular formula is C10H19NO3S. The van der Waals surface area contributed by atoms with Crippen LogP contribution < -0.4 is 5.32 Å². The zero-order valence-corrected chi connectivity index (χ0v) is 10.1. The van der Waals surface area contributed by atoms with Gasteiger partial charge in [0, 0.05) is 18.7 Å². The van der Waals surface area contributed by atoms with Gasteiger partial charge in [-0.25, -0.2) is 0 Å². The standard InChI is InChI=1S/C10H19NO3S/c1-3-4-8(10(13)14)7-11-9(12)5-6-15-2/h8H,3-7H2,1-2H3,(H,11,12)(H,13,14). The van der Waals surface area contributed by atoms with E-state index in [1.54, 1.807) is 11.8 Å². The third-order valence-electron chi connectivity index (χ3n) is 2.07. The van der Waals surface area contributed by atoms with E-state index < -0.39 is 11.9 Å². The highest BCUT2D eigenvalue weighted by Crippen LogP contribution is 2.05. The van der Waals surface area contributed by atoms with Crippen molar-refractivity contribution in [3.63, 3.8) is 0 Å². The molecule has 0 aromatic carbocycles. The van der Waals surface area contributed by atoms with Gasteiger partial charge in [-0.2, -0.15) is 11.8 Å². The van der Waals surface area contributed by atoms with Crippen molar-refractivity contribution in [2.24, 2.45) is 5.92 Å². The molecule has 0 aliphatic heterocycles. The molecule has 0 aromatic rings. The van der Waals surface area contributed by atoms with Crippen LogP contribution in [0.15, 0.2) is 0 Å². The van der Waals surface area contributed by atoms with E-state index in [1.807, 2.05) is 13.2 Å². The largest absolute Gasteiger partial charge is 0.481 e. The van der Waals surface area contributed by atoms with Gasteiger partial charge in [-0.1, -0.05) is 13.3 Å². The summed E-state index contributed by atoms with van der Waals surface area (Å²) in [6.07, 6.45) is 3.82. The Morgan fingerprint density at radius 2 is 2.13 bits per heavy atom. The first-order chi connectivity index (χ1) is 7.11. The van der Waals surface area contributed by atoms with Gasteiger partial charge in [-0.15, -0.1) is 0 Å². The Morgan fingerprint density at radius 3 is 2.60 bits per heavy atom. The number of aliphatic carboxylic acids is 1. The smallest absolute Gasteiger partial charge is 0.308 e. The lowest BCUT2D eigenvalue weighted by Gasteiger charge is -2.11. The molecule has 88 valence electrons. The van der Waals surface area contributed by atoms with Crippen molar-refractivity contribution in [1.82, 2.24) is 5.32 Å². The van der Waals surface area contributed by atoms with Crippen LogP contribution in [0.5, 0.6) is 0 Å². The number of nitrogens with one attached hydrogen (secondary N) is 1. The minimum atomic E-state index is -0.831. The molecule has 0 aliphatic carbocycles. The SMILES string of the molecule is CCCC(CNC(=O)CCSC)C(=O)O. The van der Waals surface area contributed by atoms with E-state index in [0.717, 1.165) is 12.2 Å². The zero-order valence-electron chi connectivity index (χ0n) is 9.28. The highest BCUT2D eigenvalue weighted by Gasteiger charge is 2.16. The molecule has 1 unspecified atom stereocenters. The lowest BCUT2D eigenvalue weighted by atomic mass is 10.0. The van der Waals surface area contributed by atoms with E-state index in [-0.39, 0.29) is 12.5 Å². The fraction of sp³-hybridized carbons (Fsp3) is 0.800. The Kier molecular flexibility index (Phi) is 8.18. The van der Waals surface area contributed by atoms with Crippen LogP contribution in [-0.4, -0.2) is 35.5 Å². The predicted octanol–water partition coefficient (Wildman–Crippen LogP) is 1.36. The summed E-state index contributed by atoms with van der Waals surface area (Å²) in [7, 11) is 0. The minimum absolute atomic E-state index is 0.0632. The van der Waals surface area contributed by atoms with Crippen LogP contribution in [0.1, 0.15) is 26.2 Å². The molecule has 0 spiro atoms. The predicted molar refractivity (Wildman–Crippen MR) is 62.0 cm³/mol. The normalized spacial score (nSPS) is 12.1. The first-order valence-electron chi connectivity index (χ1n) is 5.10. The van der Waals surface area contributed by atoms with Crippen molar-refractivity contribution < 1.29 is 14.7 Å². The van der Waals surface area contributed by atoms with Crippen molar-refractivity contribution >= 4 is 23.6 Å². The van der Waals surface area contributed by atoms with Gasteiger partial charge in [-0.05, 0) is 12.7 Å². The zero-order chi connectivity index (χ0) is 11.7. The fourth-order valence-electron chi connectivity index (χ4n) is 1.18. The van der Waals surface area contributed by atoms with Crippen molar-refractivity contribution in [2.75, 3.05) is 18.6 Å². The summed E-state index contributed by atoms with van der Waals surface area (Å²) in [4.78, 5) is 22.0. The molecule has 15 heavy (non-hydrogen) atoms. The van der Waals surface area contributed by atoms with Crippen molar-refractivity contribution in [1.29, 1.82) is 0 Å². The maximum absolute atomic E-state index is 11.2. The van der Waals surface area contributed by atoms with E-state index in [0.29, 0.717) is 12.8 Å². The Hall–Kier alpha value is -0.710. The van der Waals surface area contributed by atoms with Crippen molar-refractivity contribution in [3.8, 4) is 0 Å². The number of carbonyl (C=O) groups is 2. The molecular weight excluding hydrogens is 214 g/mol. The monoisotopic (exact) mass is 233 g/mol. The summed E-state index contributed by atoms with van der Waals surface area (Å²) < 4.78 is 0. The van der Waals surface area contributed by atoms with Crippen LogP contribution >= 0.6 is 11.8 Å². The van der Waals surface area contributed by atoms with E-state index in [4.69, 9.17) is 5.11 Å². The quantitative estimate of drug-likeness (QED) is 0.664. The Labute approximate surface area is 94.8 Å². The van der Waals surface area contributed by atoms with Gasteiger partial charge in [0.15, 0.2) is 0 Å². The summed E-state index contributed by atoms with van der Waals surface area (Å²) in [5.41, 5.74) is 0. The molecule has 0 aliphatic rings. The maximum atomic E-state index is 11.2. The Morgan fingerprint density at radius 1 is 1.47 bits per heavy atom. The second kappa shape index (κ2) is 8.59. The lowest BCUT2D eigenvalue weighted by Crippen LogP contribution is -2.33. The molecule has 2 N–H and O–H groups in total. The van der Waals surface area contributed by atoms with Crippen molar-refractivity contribution in [3.05, 3.63) is 0 Å². The molecule has 0 aromatic heterocycles. The van der Waals surface area contributed by atoms with E-state index in [1.165, 1.54) is 0 Å². The topological polar surface area (TPSA) is 66.4 Å². The lowest BCUT2D eigenvalue weighted by molar-refractivity contribution is -0.141. The highest BCUT2D eigenvalue weighted by molar-refractivity contribution is 7.98. The first-order valence-corrected chi connectivity index (χ1v) is 6.49. The average Bonchev–Trinajstić information content (AvgIpc) is 2.20. The molecule has 0 rings (SSSR count). The van der Waals surface area contributed by atoms with Gasteiger partial charge >= 0.3 is 5.97 Å². The van der Waals surface area contributed by atoms with Gasteiger partial charge in [0.25, 0.3) is 0 Å². The number of carboxylic acid groups (broad SMARTS) is 1. The number of amides is 1. The summed E-state index contributed by atoms with van der Waals surface area (Å²) in [6.45, 7) is 2.18. The maximum Gasteiger partial charge on any atom is 0.308 e. The third-order valence-corrected chi connectivity index (χ3v) is 2.68. The van der Waals surface area contributed by atoms with E-state index in [2.05, 4.69) is 5.32 Å². The van der Waals surface area contributed by atoms with E-state index >= 15 is 0 Å². The van der Waals surface area contributed by atoms with Gasteiger partial charge in [0.05, 0.1) is 5.92 Å². The average molecular weight is 233 g/mol. The highest BCUT2D eigenvalue weighted by atomic mass is 32.2. The second-order valence-corrected chi connectivity index (χ2v) is 4.36. The van der Waals surface area contributed by atoms with Crippen LogP contribution in [0.25, 0.3) is 0 Å². The van der Waals surface area contributed by atoms with Gasteiger partial charge < -0.3 is 10.4 Å². The molecule has 1 atom stereocenters. The summed E-state index contributed by atoms with van der Waals surface area (Å²) >= 11 is 1.60. The third kappa shape index (κ3) is 7.25. The summed E-state index contributed by atoms with van der Waals surface area (Å²) in [5, 5.41) is 11.5. The molecule has 4 nitrogen and oxygen atoms in total. The second-order valence-electron chi connectivity index (χ2n) is 3.37. The number of rotatable bonds is 8. The summed E-state index contributed by atoms with van der Waals surface area (Å²) in [6, 6.07) is 0. The molecule has 1 amide bonds. The number of thioether (sulfide) groups is 1. The van der Waals surface area contributed by atoms with E-state index in [9.17, 15) is 9.59 Å². The van der Waals surface area contributed by atoms with Gasteiger partial charge in [-0.3, -0.25) is 9.59 Å². The molecule has 0 bridgehead atoms. The van der Waals surface area contributed by atoms with Crippen LogP contribution in [0, 0.1) is 5.92 Å². The Balaban J connectivity index is 3.78. The first kappa shape index (κ1) is 14.3. The van der Waals surface area contributed by atoms with Crippen molar-refractivity contribution in [2.45, 2.75) is 26.2 Å². The molecule has 0 fully saturated rings. The number of hydrogen-bond donors (Lipinski definition) is 2. The molecule has 0 radical (unpaired) electrons. The van der Waals surface area contributed by atoms with Gasteiger partial charge in [0.2, 0.25) is 5.91 Å². The summed E-state index contributed by atoms with van der Waals surface area (Å²) in [5.74, 6) is -0.570. The van der Waals surface area contributed by atoms with Crippen LogP contribution in [-0.2, 0) is 9.59 Å². The number of hydrogen-bond acceptors (Lipinski definition) is 3. The van der Waals surface area contributed by atoms with Crippen LogP contribution in [0.4, 0.5) is 0 Å². The Bertz CT molecular complexity index is 209. The molecule has 5 heteroatoms. The van der Waals surface area contributed by atoms with Gasteiger partial charge in [0.1, 0.15) is 0 Å². The number of carbonyl (C=O) groups excluding carboxylic acids is 1. The van der Waals surface area contributed by atoms with Crippen LogP contribution in [0.2, 0.25) is 0 Å². The molecule has 0 heterocycles.